The quantitative estimate of drug-likeness (QED) is 0.149. The number of rotatable bonds is 16. The van der Waals surface area contributed by atoms with Gasteiger partial charge in [-0.15, -0.1) is 0 Å². The van der Waals surface area contributed by atoms with E-state index in [1.165, 1.54) is 21.3 Å². The summed E-state index contributed by atoms with van der Waals surface area (Å²) in [4.78, 5) is 13.5. The molecule has 0 saturated carbocycles. The van der Waals surface area contributed by atoms with Gasteiger partial charge in [0.05, 0.1) is 6.61 Å². The first-order chi connectivity index (χ1) is 16.6. The predicted octanol–water partition coefficient (Wildman–Crippen LogP) is 3.70. The van der Waals surface area contributed by atoms with Gasteiger partial charge in [0.15, 0.2) is 26.5 Å². The highest BCUT2D eigenvalue weighted by atomic mass is 32.2. The molecule has 10 heteroatoms. The van der Waals surface area contributed by atoms with Crippen molar-refractivity contribution < 1.29 is 42.7 Å². The maximum absolute atomic E-state index is 13.5. The highest BCUT2D eigenvalue weighted by Crippen LogP contribution is 2.45. The Bertz CT molecular complexity index is 907. The van der Waals surface area contributed by atoms with Crippen molar-refractivity contribution in [3.05, 3.63) is 47.5 Å². The fraction of sp³-hybridized carbons (Fsp3) is 0.458. The lowest BCUT2D eigenvalue weighted by atomic mass is 10.0. The van der Waals surface area contributed by atoms with Crippen LogP contribution in [0, 0.1) is 0 Å². The SMILES string of the molecule is COCOc1cc(OCOC)c(C(=O)[C@H]2O[C@@H]2c2cccc(OCCSC)c2)c(OCOC)c1. The maximum atomic E-state index is 13.5. The molecule has 0 unspecified atom stereocenters. The van der Waals surface area contributed by atoms with Crippen molar-refractivity contribution >= 4 is 17.5 Å². The number of hydrogen-bond acceptors (Lipinski definition) is 10. The average Bonchev–Trinajstić information content (AvgIpc) is 3.66. The second kappa shape index (κ2) is 13.4. The number of methoxy groups -OCH3 is 3. The lowest BCUT2D eigenvalue weighted by Gasteiger charge is -2.17. The van der Waals surface area contributed by atoms with E-state index in [1.54, 1.807) is 23.9 Å². The number of ether oxygens (including phenoxy) is 8. The molecule has 0 amide bonds. The molecule has 1 aliphatic rings. The van der Waals surface area contributed by atoms with E-state index >= 15 is 0 Å². The molecule has 0 aromatic heterocycles. The molecule has 2 aromatic rings. The summed E-state index contributed by atoms with van der Waals surface area (Å²) in [5.41, 5.74) is 1.08. The fourth-order valence-electron chi connectivity index (χ4n) is 3.22. The molecule has 34 heavy (non-hydrogen) atoms. The van der Waals surface area contributed by atoms with Gasteiger partial charge in [-0.1, -0.05) is 12.1 Å². The summed E-state index contributed by atoms with van der Waals surface area (Å²) in [7, 11) is 4.49. The molecule has 2 atom stereocenters. The molecule has 0 bridgehead atoms. The molecule has 0 radical (unpaired) electrons. The fourth-order valence-corrected chi connectivity index (χ4v) is 3.47. The monoisotopic (exact) mass is 494 g/mol. The van der Waals surface area contributed by atoms with Gasteiger partial charge in [-0.05, 0) is 24.0 Å². The third-order valence-corrected chi connectivity index (χ3v) is 5.36. The number of ketones is 1. The lowest BCUT2D eigenvalue weighted by molar-refractivity contribution is 0.0397. The van der Waals surface area contributed by atoms with E-state index in [1.807, 2.05) is 30.5 Å². The van der Waals surface area contributed by atoms with Crippen molar-refractivity contribution in [2.75, 3.05) is 60.3 Å². The van der Waals surface area contributed by atoms with Crippen LogP contribution in [0.4, 0.5) is 0 Å². The van der Waals surface area contributed by atoms with Crippen molar-refractivity contribution in [2.45, 2.75) is 12.2 Å². The zero-order valence-corrected chi connectivity index (χ0v) is 20.6. The van der Waals surface area contributed by atoms with E-state index in [0.717, 1.165) is 17.1 Å². The normalized spacial score (nSPS) is 16.7. The van der Waals surface area contributed by atoms with Gasteiger partial charge in [0, 0.05) is 39.2 Å². The Labute approximate surface area is 203 Å². The average molecular weight is 495 g/mol. The van der Waals surface area contributed by atoms with E-state index in [2.05, 4.69) is 0 Å². The third kappa shape index (κ3) is 7.00. The molecule has 1 fully saturated rings. The molecule has 186 valence electrons. The Morgan fingerprint density at radius 1 is 0.882 bits per heavy atom. The van der Waals surface area contributed by atoms with Gasteiger partial charge in [0.1, 0.15) is 34.7 Å². The first-order valence-electron chi connectivity index (χ1n) is 10.6. The Hall–Kier alpha value is -2.50. The van der Waals surface area contributed by atoms with Gasteiger partial charge in [-0.25, -0.2) is 0 Å². The summed E-state index contributed by atoms with van der Waals surface area (Å²) in [6.07, 6.45) is 0.938. The predicted molar refractivity (Wildman–Crippen MR) is 126 cm³/mol. The van der Waals surface area contributed by atoms with Gasteiger partial charge in [0.25, 0.3) is 0 Å². The van der Waals surface area contributed by atoms with Crippen LogP contribution in [0.2, 0.25) is 0 Å². The standard InChI is InChI=1S/C24H30O9S/c1-26-13-30-18-11-19(31-14-27-2)21(20(12-18)32-15-28-3)22(25)24-23(33-24)16-6-5-7-17(10-16)29-8-9-34-4/h5-7,10-12,23-24H,8-9,13-15H2,1-4H3/t23-,24-/m1/s1. The minimum absolute atomic E-state index is 0.0178. The molecular formula is C24H30O9S. The number of benzene rings is 2. The van der Waals surface area contributed by atoms with Crippen LogP contribution in [0.3, 0.4) is 0 Å². The highest BCUT2D eigenvalue weighted by Gasteiger charge is 2.48. The van der Waals surface area contributed by atoms with E-state index in [0.29, 0.717) is 12.4 Å². The summed E-state index contributed by atoms with van der Waals surface area (Å²) in [5.74, 6) is 2.24. The maximum Gasteiger partial charge on any atom is 0.202 e. The van der Waals surface area contributed by atoms with Crippen LogP contribution >= 0.6 is 11.8 Å². The number of thioether (sulfide) groups is 1. The number of Topliss-reactive ketones (excluding diaryl/α,β-unsaturated/α-hetero) is 1. The summed E-state index contributed by atoms with van der Waals surface area (Å²) in [6, 6.07) is 10.7. The van der Waals surface area contributed by atoms with Crippen LogP contribution < -0.4 is 18.9 Å². The molecule has 3 rings (SSSR count). The van der Waals surface area contributed by atoms with E-state index in [4.69, 9.17) is 37.9 Å². The van der Waals surface area contributed by atoms with Gasteiger partial charge in [0.2, 0.25) is 5.78 Å². The molecule has 0 spiro atoms. The third-order valence-electron chi connectivity index (χ3n) is 4.79. The van der Waals surface area contributed by atoms with Gasteiger partial charge in [-0.2, -0.15) is 11.8 Å². The van der Waals surface area contributed by atoms with Crippen LogP contribution in [0.1, 0.15) is 22.0 Å². The Morgan fingerprint density at radius 2 is 1.53 bits per heavy atom. The molecule has 0 aliphatic carbocycles. The second-order valence-electron chi connectivity index (χ2n) is 7.20. The number of carbonyl (C=O) groups excluding carboxylic acids is 1. The highest BCUT2D eigenvalue weighted by molar-refractivity contribution is 7.98. The van der Waals surface area contributed by atoms with Gasteiger partial charge < -0.3 is 37.9 Å². The topological polar surface area (TPSA) is 94.2 Å². The largest absolute Gasteiger partial charge is 0.493 e. The van der Waals surface area contributed by atoms with Gasteiger partial charge in [-0.3, -0.25) is 4.79 Å². The Kier molecular flexibility index (Phi) is 10.3. The molecule has 9 nitrogen and oxygen atoms in total. The molecule has 1 aliphatic heterocycles. The van der Waals surface area contributed by atoms with E-state index in [9.17, 15) is 4.79 Å². The molecule has 2 aromatic carbocycles. The summed E-state index contributed by atoms with van der Waals surface area (Å²) in [5, 5.41) is 0. The summed E-state index contributed by atoms with van der Waals surface area (Å²) < 4.78 is 43.5. The second-order valence-corrected chi connectivity index (χ2v) is 8.19. The number of epoxide rings is 1. The zero-order valence-electron chi connectivity index (χ0n) is 19.7. The number of hydrogen-bond donors (Lipinski definition) is 0. The lowest BCUT2D eigenvalue weighted by Crippen LogP contribution is -2.15. The van der Waals surface area contributed by atoms with Gasteiger partial charge >= 0.3 is 0 Å². The van der Waals surface area contributed by atoms with Crippen molar-refractivity contribution in [3.63, 3.8) is 0 Å². The molecule has 1 saturated heterocycles. The van der Waals surface area contributed by atoms with Crippen molar-refractivity contribution in [1.82, 2.24) is 0 Å². The zero-order chi connectivity index (χ0) is 24.3. The Morgan fingerprint density at radius 3 is 2.15 bits per heavy atom. The van der Waals surface area contributed by atoms with Crippen LogP contribution in [0.25, 0.3) is 0 Å². The van der Waals surface area contributed by atoms with E-state index in [-0.39, 0.29) is 43.2 Å². The minimum atomic E-state index is -0.693. The Balaban J connectivity index is 1.84. The van der Waals surface area contributed by atoms with Crippen LogP contribution in [0.15, 0.2) is 36.4 Å². The van der Waals surface area contributed by atoms with Crippen LogP contribution in [0.5, 0.6) is 23.0 Å². The minimum Gasteiger partial charge on any atom is -0.493 e. The van der Waals surface area contributed by atoms with Crippen molar-refractivity contribution in [1.29, 1.82) is 0 Å². The van der Waals surface area contributed by atoms with Crippen LogP contribution in [-0.2, 0) is 18.9 Å². The molecular weight excluding hydrogens is 464 g/mol. The van der Waals surface area contributed by atoms with Crippen molar-refractivity contribution in [2.24, 2.45) is 0 Å². The summed E-state index contributed by atoms with van der Waals surface area (Å²) in [6.45, 7) is 0.491. The number of carbonyl (C=O) groups is 1. The van der Waals surface area contributed by atoms with Crippen molar-refractivity contribution in [3.8, 4) is 23.0 Å². The first-order valence-corrected chi connectivity index (χ1v) is 12.0. The first kappa shape index (κ1) is 26.1. The van der Waals surface area contributed by atoms with Crippen LogP contribution in [-0.4, -0.2) is 72.2 Å². The molecule has 0 N–H and O–H groups in total. The molecule has 1 heterocycles. The summed E-state index contributed by atoms with van der Waals surface area (Å²) >= 11 is 1.71. The van der Waals surface area contributed by atoms with E-state index < -0.39 is 12.2 Å². The smallest absolute Gasteiger partial charge is 0.202 e.